The zero-order valence-corrected chi connectivity index (χ0v) is 11.6. The average molecular weight is 259 g/mol. The van der Waals surface area contributed by atoms with Crippen molar-refractivity contribution in [3.05, 3.63) is 22.4 Å². The zero-order valence-electron chi connectivity index (χ0n) is 10.0. The Bertz CT molecular complexity index is 325. The van der Waals surface area contributed by atoms with E-state index in [1.807, 2.05) is 0 Å². The molecule has 1 saturated heterocycles. The molecule has 0 amide bonds. The summed E-state index contributed by atoms with van der Waals surface area (Å²) in [5.74, 6) is 1.02. The molecule has 0 spiro atoms. The van der Waals surface area contributed by atoms with Crippen LogP contribution in [0.2, 0.25) is 0 Å². The summed E-state index contributed by atoms with van der Waals surface area (Å²) in [6.45, 7) is 6.55. The molecule has 1 nitrogen and oxygen atoms in total. The minimum absolute atomic E-state index is 0.189. The highest BCUT2D eigenvalue weighted by molar-refractivity contribution is 7.09. The molecule has 0 radical (unpaired) electrons. The Morgan fingerprint density at radius 2 is 2.12 bits per heavy atom. The Morgan fingerprint density at radius 1 is 1.38 bits per heavy atom. The van der Waals surface area contributed by atoms with Crippen molar-refractivity contribution in [1.29, 1.82) is 0 Å². The van der Waals surface area contributed by atoms with Crippen LogP contribution in [0.15, 0.2) is 17.5 Å². The lowest BCUT2D eigenvalue weighted by Gasteiger charge is -2.23. The maximum absolute atomic E-state index is 6.56. The molecule has 90 valence electrons. The van der Waals surface area contributed by atoms with E-state index in [2.05, 4.69) is 38.3 Å². The maximum atomic E-state index is 6.56. The second-order valence-corrected chi connectivity index (χ2v) is 6.38. The number of ether oxygens (including phenoxy) is 1. The van der Waals surface area contributed by atoms with Crippen LogP contribution in [0.25, 0.3) is 0 Å². The van der Waals surface area contributed by atoms with Gasteiger partial charge < -0.3 is 4.74 Å². The number of thiophene rings is 1. The fourth-order valence-electron chi connectivity index (χ4n) is 2.67. The highest BCUT2D eigenvalue weighted by Gasteiger charge is 2.40. The second-order valence-electron chi connectivity index (χ2n) is 4.78. The summed E-state index contributed by atoms with van der Waals surface area (Å²) in [6, 6.07) is 4.25. The van der Waals surface area contributed by atoms with E-state index in [-0.39, 0.29) is 11.5 Å². The van der Waals surface area contributed by atoms with Crippen LogP contribution in [0.1, 0.15) is 25.6 Å². The van der Waals surface area contributed by atoms with Gasteiger partial charge in [-0.3, -0.25) is 0 Å². The first-order valence-electron chi connectivity index (χ1n) is 5.91. The number of halogens is 1. The Labute approximate surface area is 107 Å². The molecule has 5 atom stereocenters. The summed E-state index contributed by atoms with van der Waals surface area (Å²) in [7, 11) is 0. The van der Waals surface area contributed by atoms with Crippen LogP contribution in [0, 0.1) is 11.8 Å². The standard InChI is InChI=1S/C13H19ClOS/c1-8-9(2)15-10(3)13(8)12(14)7-11-5-4-6-16-11/h4-6,8-10,12-13H,7H2,1-3H3. The van der Waals surface area contributed by atoms with Crippen molar-refractivity contribution in [1.82, 2.24) is 0 Å². The number of hydrogen-bond donors (Lipinski definition) is 0. The summed E-state index contributed by atoms with van der Waals surface area (Å²) in [5.41, 5.74) is 0. The molecule has 1 aromatic heterocycles. The van der Waals surface area contributed by atoms with Gasteiger partial charge >= 0.3 is 0 Å². The van der Waals surface area contributed by atoms with E-state index < -0.39 is 0 Å². The molecule has 0 saturated carbocycles. The highest BCUT2D eigenvalue weighted by atomic mass is 35.5. The summed E-state index contributed by atoms with van der Waals surface area (Å²) >= 11 is 8.35. The van der Waals surface area contributed by atoms with Crippen molar-refractivity contribution in [2.45, 2.75) is 44.8 Å². The predicted molar refractivity (Wildman–Crippen MR) is 70.3 cm³/mol. The summed E-state index contributed by atoms with van der Waals surface area (Å²) in [4.78, 5) is 1.37. The van der Waals surface area contributed by atoms with E-state index in [1.165, 1.54) is 4.88 Å². The maximum Gasteiger partial charge on any atom is 0.0596 e. The molecule has 3 heteroatoms. The van der Waals surface area contributed by atoms with Gasteiger partial charge in [0, 0.05) is 16.2 Å². The molecule has 0 bridgehead atoms. The third-order valence-corrected chi connectivity index (χ3v) is 5.06. The third kappa shape index (κ3) is 2.44. The minimum atomic E-state index is 0.189. The van der Waals surface area contributed by atoms with Crippen molar-refractivity contribution >= 4 is 22.9 Å². The Morgan fingerprint density at radius 3 is 2.62 bits per heavy atom. The molecule has 2 heterocycles. The molecule has 0 aromatic carbocycles. The second kappa shape index (κ2) is 5.07. The molecule has 0 aliphatic carbocycles. The number of rotatable bonds is 3. The zero-order chi connectivity index (χ0) is 11.7. The van der Waals surface area contributed by atoms with Crippen molar-refractivity contribution in [2.24, 2.45) is 11.8 Å². The van der Waals surface area contributed by atoms with Crippen LogP contribution in [0.3, 0.4) is 0 Å². The van der Waals surface area contributed by atoms with Gasteiger partial charge in [-0.25, -0.2) is 0 Å². The lowest BCUT2D eigenvalue weighted by atomic mass is 9.85. The van der Waals surface area contributed by atoms with Gasteiger partial charge in [-0.15, -0.1) is 22.9 Å². The molecule has 1 fully saturated rings. The molecular weight excluding hydrogens is 240 g/mol. The monoisotopic (exact) mass is 258 g/mol. The van der Waals surface area contributed by atoms with E-state index in [9.17, 15) is 0 Å². The first-order valence-corrected chi connectivity index (χ1v) is 7.23. The van der Waals surface area contributed by atoms with Crippen LogP contribution >= 0.6 is 22.9 Å². The molecule has 1 aliphatic rings. The van der Waals surface area contributed by atoms with Crippen molar-refractivity contribution in [3.8, 4) is 0 Å². The first-order chi connectivity index (χ1) is 7.59. The molecule has 5 unspecified atom stereocenters. The summed E-state index contributed by atoms with van der Waals surface area (Å²) < 4.78 is 5.85. The Balaban J connectivity index is 2.01. The van der Waals surface area contributed by atoms with Crippen LogP contribution in [-0.2, 0) is 11.2 Å². The average Bonchev–Trinajstić information content (AvgIpc) is 2.77. The first kappa shape index (κ1) is 12.4. The van der Waals surface area contributed by atoms with Gasteiger partial charge in [0.15, 0.2) is 0 Å². The van der Waals surface area contributed by atoms with Crippen molar-refractivity contribution < 1.29 is 4.74 Å². The van der Waals surface area contributed by atoms with Crippen molar-refractivity contribution in [2.75, 3.05) is 0 Å². The number of alkyl halides is 1. The van der Waals surface area contributed by atoms with Gasteiger partial charge in [0.1, 0.15) is 0 Å². The normalized spacial score (nSPS) is 36.5. The van der Waals surface area contributed by atoms with Gasteiger partial charge in [-0.05, 0) is 37.6 Å². The molecule has 2 rings (SSSR count). The number of hydrogen-bond acceptors (Lipinski definition) is 2. The fraction of sp³-hybridized carbons (Fsp3) is 0.692. The molecule has 0 N–H and O–H groups in total. The third-order valence-electron chi connectivity index (χ3n) is 3.71. The molecule has 16 heavy (non-hydrogen) atoms. The molecule has 1 aromatic rings. The van der Waals surface area contributed by atoms with Gasteiger partial charge in [0.2, 0.25) is 0 Å². The van der Waals surface area contributed by atoms with E-state index in [4.69, 9.17) is 16.3 Å². The Kier molecular flexibility index (Phi) is 3.93. The fourth-order valence-corrected chi connectivity index (χ4v) is 4.13. The smallest absolute Gasteiger partial charge is 0.0596 e. The van der Waals surface area contributed by atoms with Crippen molar-refractivity contribution in [3.63, 3.8) is 0 Å². The van der Waals surface area contributed by atoms with Gasteiger partial charge in [-0.1, -0.05) is 13.0 Å². The predicted octanol–water partition coefficient (Wildman–Crippen LogP) is 3.96. The lowest BCUT2D eigenvalue weighted by molar-refractivity contribution is 0.0508. The summed E-state index contributed by atoms with van der Waals surface area (Å²) in [5, 5.41) is 2.30. The molecule has 1 aliphatic heterocycles. The minimum Gasteiger partial charge on any atom is -0.375 e. The SMILES string of the molecule is CC1OC(C)C(C(Cl)Cc2cccs2)C1C. The van der Waals surface area contributed by atoms with Crippen LogP contribution in [-0.4, -0.2) is 17.6 Å². The molecular formula is C13H19ClOS. The summed E-state index contributed by atoms with van der Waals surface area (Å²) in [6.07, 6.45) is 1.59. The van der Waals surface area contributed by atoms with Gasteiger partial charge in [0.05, 0.1) is 12.2 Å². The highest BCUT2D eigenvalue weighted by Crippen LogP contribution is 2.38. The topological polar surface area (TPSA) is 9.23 Å². The lowest BCUT2D eigenvalue weighted by Crippen LogP contribution is -2.28. The van der Waals surface area contributed by atoms with E-state index >= 15 is 0 Å². The van der Waals surface area contributed by atoms with E-state index in [0.29, 0.717) is 17.9 Å². The van der Waals surface area contributed by atoms with Gasteiger partial charge in [-0.2, -0.15) is 0 Å². The van der Waals surface area contributed by atoms with E-state index in [1.54, 1.807) is 11.3 Å². The van der Waals surface area contributed by atoms with Crippen LogP contribution in [0.4, 0.5) is 0 Å². The van der Waals surface area contributed by atoms with E-state index in [0.717, 1.165) is 6.42 Å². The van der Waals surface area contributed by atoms with Crippen LogP contribution < -0.4 is 0 Å². The van der Waals surface area contributed by atoms with Crippen LogP contribution in [0.5, 0.6) is 0 Å². The quantitative estimate of drug-likeness (QED) is 0.746. The van der Waals surface area contributed by atoms with Gasteiger partial charge in [0.25, 0.3) is 0 Å². The Hall–Kier alpha value is -0.0500. The largest absolute Gasteiger partial charge is 0.375 e.